The fraction of sp³-hybridized carbons (Fsp3) is 0.462. The van der Waals surface area contributed by atoms with E-state index in [1.807, 2.05) is 4.72 Å². The first kappa shape index (κ1) is 17.5. The third-order valence-electron chi connectivity index (χ3n) is 2.81. The molecule has 0 aliphatic rings. The monoisotopic (exact) mass is 321 g/mol. The number of nitrogens with one attached hydrogen (secondary N) is 1. The van der Waals surface area contributed by atoms with E-state index in [0.717, 1.165) is 6.07 Å². The van der Waals surface area contributed by atoms with Crippen LogP contribution in [0.25, 0.3) is 0 Å². The Morgan fingerprint density at radius 2 is 1.95 bits per heavy atom. The molecule has 0 spiro atoms. The molecular weight excluding hydrogens is 304 g/mol. The second-order valence-electron chi connectivity index (χ2n) is 5.09. The predicted molar refractivity (Wildman–Crippen MR) is 72.1 cm³/mol. The highest BCUT2D eigenvalue weighted by molar-refractivity contribution is 7.89. The zero-order chi connectivity index (χ0) is 16.2. The fourth-order valence-electron chi connectivity index (χ4n) is 1.81. The Bertz CT molecular complexity index is 617. The van der Waals surface area contributed by atoms with Crippen molar-refractivity contribution in [1.82, 2.24) is 4.72 Å². The van der Waals surface area contributed by atoms with Crippen LogP contribution in [0.1, 0.15) is 20.3 Å². The van der Waals surface area contributed by atoms with Gasteiger partial charge in [-0.2, -0.15) is 0 Å². The van der Waals surface area contributed by atoms with Crippen LogP contribution in [0.4, 0.5) is 8.78 Å². The van der Waals surface area contributed by atoms with Crippen molar-refractivity contribution in [3.63, 3.8) is 0 Å². The van der Waals surface area contributed by atoms with E-state index in [0.29, 0.717) is 12.1 Å². The number of hydrogen-bond donors (Lipinski definition) is 2. The molecule has 0 radical (unpaired) electrons. The maximum atomic E-state index is 13.5. The lowest BCUT2D eigenvalue weighted by molar-refractivity contribution is -0.142. The summed E-state index contributed by atoms with van der Waals surface area (Å²) in [6.45, 7) is 3.22. The zero-order valence-corrected chi connectivity index (χ0v) is 12.5. The van der Waals surface area contributed by atoms with Crippen LogP contribution in [0.15, 0.2) is 23.1 Å². The van der Waals surface area contributed by atoms with Crippen molar-refractivity contribution < 1.29 is 27.1 Å². The molecule has 0 bridgehead atoms. The third kappa shape index (κ3) is 5.05. The second kappa shape index (κ2) is 6.95. The molecule has 1 atom stereocenters. The number of halogens is 2. The van der Waals surface area contributed by atoms with Crippen molar-refractivity contribution >= 4 is 16.0 Å². The molecule has 0 amide bonds. The topological polar surface area (TPSA) is 83.5 Å². The Morgan fingerprint density at radius 3 is 2.48 bits per heavy atom. The van der Waals surface area contributed by atoms with E-state index in [4.69, 9.17) is 5.11 Å². The van der Waals surface area contributed by atoms with Gasteiger partial charge < -0.3 is 5.11 Å². The molecule has 0 aliphatic carbocycles. The summed E-state index contributed by atoms with van der Waals surface area (Å²) in [7, 11) is -4.31. The van der Waals surface area contributed by atoms with Gasteiger partial charge >= 0.3 is 5.97 Å². The third-order valence-corrected chi connectivity index (χ3v) is 4.25. The van der Waals surface area contributed by atoms with Gasteiger partial charge in [0.1, 0.15) is 16.5 Å². The summed E-state index contributed by atoms with van der Waals surface area (Å²) < 4.78 is 52.3. The number of carbonyl (C=O) groups is 1. The average molecular weight is 321 g/mol. The minimum Gasteiger partial charge on any atom is -0.481 e. The average Bonchev–Trinajstić information content (AvgIpc) is 2.36. The lowest BCUT2D eigenvalue weighted by Crippen LogP contribution is -2.34. The molecule has 0 fully saturated rings. The molecule has 0 aliphatic heterocycles. The molecule has 8 heteroatoms. The Balaban J connectivity index is 2.89. The predicted octanol–water partition coefficient (Wildman–Crippen LogP) is 1.99. The van der Waals surface area contributed by atoms with Gasteiger partial charge in [-0.1, -0.05) is 13.8 Å². The zero-order valence-electron chi connectivity index (χ0n) is 11.6. The maximum absolute atomic E-state index is 13.5. The van der Waals surface area contributed by atoms with E-state index in [9.17, 15) is 22.0 Å². The van der Waals surface area contributed by atoms with Crippen LogP contribution in [0, 0.1) is 23.5 Å². The molecule has 1 unspecified atom stereocenters. The van der Waals surface area contributed by atoms with Crippen LogP contribution < -0.4 is 4.72 Å². The molecular formula is C13H17F2NO4S. The molecule has 1 rings (SSSR count). The number of rotatable bonds is 7. The van der Waals surface area contributed by atoms with E-state index >= 15 is 0 Å². The van der Waals surface area contributed by atoms with Crippen LogP contribution in [0.2, 0.25) is 0 Å². The van der Waals surface area contributed by atoms with Crippen molar-refractivity contribution in [2.24, 2.45) is 11.8 Å². The van der Waals surface area contributed by atoms with Gasteiger partial charge in [-0.15, -0.1) is 0 Å². The van der Waals surface area contributed by atoms with Gasteiger partial charge in [-0.3, -0.25) is 4.79 Å². The van der Waals surface area contributed by atoms with Gasteiger partial charge in [0.25, 0.3) is 0 Å². The van der Waals surface area contributed by atoms with Crippen molar-refractivity contribution in [1.29, 1.82) is 0 Å². The van der Waals surface area contributed by atoms with Crippen LogP contribution in [-0.2, 0) is 14.8 Å². The van der Waals surface area contributed by atoms with Gasteiger partial charge in [-0.25, -0.2) is 21.9 Å². The Hall–Kier alpha value is -1.54. The first-order valence-corrected chi connectivity index (χ1v) is 7.79. The fourth-order valence-corrected chi connectivity index (χ4v) is 2.98. The molecule has 1 aromatic carbocycles. The normalized spacial score (nSPS) is 13.4. The van der Waals surface area contributed by atoms with Crippen molar-refractivity contribution in [3.8, 4) is 0 Å². The van der Waals surface area contributed by atoms with Gasteiger partial charge in [0.15, 0.2) is 0 Å². The van der Waals surface area contributed by atoms with E-state index in [2.05, 4.69) is 0 Å². The summed E-state index contributed by atoms with van der Waals surface area (Å²) in [5.41, 5.74) is 0. The van der Waals surface area contributed by atoms with Gasteiger partial charge in [0.2, 0.25) is 10.0 Å². The number of carboxylic acids is 1. The summed E-state index contributed by atoms with van der Waals surface area (Å²) >= 11 is 0. The van der Waals surface area contributed by atoms with E-state index in [1.165, 1.54) is 0 Å². The first-order chi connectivity index (χ1) is 9.63. The number of carboxylic acid groups (broad SMARTS) is 1. The van der Waals surface area contributed by atoms with Crippen LogP contribution in [0.5, 0.6) is 0 Å². The molecule has 0 aromatic heterocycles. The highest BCUT2D eigenvalue weighted by Crippen LogP contribution is 2.17. The Labute approximate surface area is 122 Å². The van der Waals surface area contributed by atoms with Gasteiger partial charge in [0, 0.05) is 6.54 Å². The van der Waals surface area contributed by atoms with Gasteiger partial charge in [-0.05, 0) is 30.5 Å². The highest BCUT2D eigenvalue weighted by Gasteiger charge is 2.24. The molecule has 5 nitrogen and oxygen atoms in total. The van der Waals surface area contributed by atoms with E-state index in [-0.39, 0.29) is 18.9 Å². The summed E-state index contributed by atoms with van der Waals surface area (Å²) in [6.07, 6.45) is 0.267. The largest absolute Gasteiger partial charge is 0.481 e. The van der Waals surface area contributed by atoms with E-state index < -0.39 is 38.4 Å². The lowest BCUT2D eigenvalue weighted by atomic mass is 9.98. The summed E-state index contributed by atoms with van der Waals surface area (Å²) in [4.78, 5) is 10.2. The molecule has 1 aromatic rings. The first-order valence-electron chi connectivity index (χ1n) is 6.31. The lowest BCUT2D eigenvalue weighted by Gasteiger charge is -2.15. The van der Waals surface area contributed by atoms with Crippen LogP contribution >= 0.6 is 0 Å². The minimum atomic E-state index is -4.31. The molecule has 0 heterocycles. The van der Waals surface area contributed by atoms with Gasteiger partial charge in [0.05, 0.1) is 5.92 Å². The van der Waals surface area contributed by atoms with Crippen molar-refractivity contribution in [3.05, 3.63) is 29.8 Å². The maximum Gasteiger partial charge on any atom is 0.307 e. The molecule has 118 valence electrons. The molecule has 0 saturated heterocycles. The summed E-state index contributed by atoms with van der Waals surface area (Å²) in [6, 6.07) is 2.05. The summed E-state index contributed by atoms with van der Waals surface area (Å²) in [5, 5.41) is 9.02. The van der Waals surface area contributed by atoms with Crippen molar-refractivity contribution in [2.75, 3.05) is 6.54 Å². The van der Waals surface area contributed by atoms with Crippen LogP contribution in [-0.4, -0.2) is 26.0 Å². The number of hydrogen-bond acceptors (Lipinski definition) is 3. The second-order valence-corrected chi connectivity index (χ2v) is 6.83. The number of sulfonamides is 1. The summed E-state index contributed by atoms with van der Waals surface area (Å²) in [5.74, 6) is -4.02. The van der Waals surface area contributed by atoms with Crippen molar-refractivity contribution in [2.45, 2.75) is 25.2 Å². The number of aliphatic carboxylic acids is 1. The molecule has 2 N–H and O–H groups in total. The molecule has 0 saturated carbocycles. The van der Waals surface area contributed by atoms with Crippen LogP contribution in [0.3, 0.4) is 0 Å². The smallest absolute Gasteiger partial charge is 0.307 e. The highest BCUT2D eigenvalue weighted by atomic mass is 32.2. The van der Waals surface area contributed by atoms with E-state index in [1.54, 1.807) is 13.8 Å². The standard InChI is InChI=1S/C13H17F2NO4S/c1-8(2)5-9(13(17)18)7-16-21(19,20)12-6-10(14)3-4-11(12)15/h3-4,6,8-9,16H,5,7H2,1-2H3,(H,17,18). The Morgan fingerprint density at radius 1 is 1.33 bits per heavy atom. The Kier molecular flexibility index (Phi) is 5.79. The number of benzene rings is 1. The quantitative estimate of drug-likeness (QED) is 0.804. The molecule has 21 heavy (non-hydrogen) atoms. The minimum absolute atomic E-state index is 0.0570. The SMILES string of the molecule is CC(C)CC(CNS(=O)(=O)c1cc(F)ccc1F)C(=O)O.